The van der Waals surface area contributed by atoms with Gasteiger partial charge in [0.25, 0.3) is 0 Å². The minimum absolute atomic E-state index is 0.131. The quantitative estimate of drug-likeness (QED) is 0.841. The minimum atomic E-state index is -0.700. The van der Waals surface area contributed by atoms with E-state index in [1.54, 1.807) is 18.2 Å². The van der Waals surface area contributed by atoms with Gasteiger partial charge in [-0.05, 0) is 30.3 Å². The molecule has 6 heteroatoms. The van der Waals surface area contributed by atoms with Gasteiger partial charge in [0.05, 0.1) is 16.4 Å². The van der Waals surface area contributed by atoms with Crippen molar-refractivity contribution in [2.45, 2.75) is 0 Å². The van der Waals surface area contributed by atoms with Gasteiger partial charge in [-0.25, -0.2) is 8.78 Å². The molecule has 0 saturated heterocycles. The van der Waals surface area contributed by atoms with Gasteiger partial charge in [0.1, 0.15) is 16.6 Å². The van der Waals surface area contributed by atoms with Crippen LogP contribution in [-0.2, 0) is 0 Å². The minimum Gasteiger partial charge on any atom is -0.389 e. The fourth-order valence-corrected chi connectivity index (χ4v) is 1.86. The van der Waals surface area contributed by atoms with Crippen molar-refractivity contribution < 1.29 is 8.78 Å². The summed E-state index contributed by atoms with van der Waals surface area (Å²) in [6.07, 6.45) is 0. The first-order chi connectivity index (χ1) is 8.97. The molecule has 0 aliphatic heterocycles. The van der Waals surface area contributed by atoms with Crippen LogP contribution in [0.3, 0.4) is 0 Å². The second-order valence-corrected chi connectivity index (χ2v) is 4.66. The van der Waals surface area contributed by atoms with E-state index >= 15 is 0 Å². The number of benzene rings is 2. The van der Waals surface area contributed by atoms with Crippen LogP contribution in [0.5, 0.6) is 0 Å². The Bertz CT molecular complexity index is 647. The molecule has 0 heterocycles. The van der Waals surface area contributed by atoms with Crippen LogP contribution in [0.15, 0.2) is 36.4 Å². The van der Waals surface area contributed by atoms with Crippen molar-refractivity contribution in [1.29, 1.82) is 0 Å². The van der Waals surface area contributed by atoms with Gasteiger partial charge in [-0.2, -0.15) is 0 Å². The van der Waals surface area contributed by atoms with Gasteiger partial charge >= 0.3 is 0 Å². The molecule has 0 amide bonds. The topological polar surface area (TPSA) is 38.0 Å². The van der Waals surface area contributed by atoms with Gasteiger partial charge in [-0.15, -0.1) is 0 Å². The van der Waals surface area contributed by atoms with Gasteiger partial charge in [0.2, 0.25) is 0 Å². The first-order valence-electron chi connectivity index (χ1n) is 5.29. The smallest absolute Gasteiger partial charge is 0.149 e. The fraction of sp³-hybridized carbons (Fsp3) is 0. The molecule has 2 nitrogen and oxygen atoms in total. The molecule has 0 unspecified atom stereocenters. The summed E-state index contributed by atoms with van der Waals surface area (Å²) in [5, 5.41) is 3.12. The number of nitrogens with two attached hydrogens (primary N) is 1. The summed E-state index contributed by atoms with van der Waals surface area (Å²) in [6, 6.07) is 8.11. The first kappa shape index (κ1) is 13.7. The molecule has 0 aliphatic carbocycles. The number of nitrogens with one attached hydrogen (secondary N) is 1. The van der Waals surface area contributed by atoms with E-state index in [2.05, 4.69) is 5.32 Å². The summed E-state index contributed by atoms with van der Waals surface area (Å²) in [6.45, 7) is 0. The number of hydrogen-bond acceptors (Lipinski definition) is 2. The SMILES string of the molecule is NC(=S)c1ccc(Nc2ccc(F)cc2F)c(Cl)c1. The Kier molecular flexibility index (Phi) is 3.97. The lowest BCUT2D eigenvalue weighted by atomic mass is 10.2. The third kappa shape index (κ3) is 3.19. The van der Waals surface area contributed by atoms with E-state index < -0.39 is 11.6 Å². The molecule has 98 valence electrons. The third-order valence-corrected chi connectivity index (χ3v) is 3.00. The van der Waals surface area contributed by atoms with Crippen LogP contribution in [-0.4, -0.2) is 4.99 Å². The zero-order chi connectivity index (χ0) is 14.0. The number of hydrogen-bond donors (Lipinski definition) is 2. The van der Waals surface area contributed by atoms with Crippen molar-refractivity contribution in [3.63, 3.8) is 0 Å². The van der Waals surface area contributed by atoms with Crippen molar-refractivity contribution in [2.24, 2.45) is 5.73 Å². The van der Waals surface area contributed by atoms with Crippen LogP contribution in [0.1, 0.15) is 5.56 Å². The van der Waals surface area contributed by atoms with Crippen LogP contribution in [0.2, 0.25) is 5.02 Å². The molecule has 2 rings (SSSR count). The van der Waals surface area contributed by atoms with Gasteiger partial charge in [-0.3, -0.25) is 0 Å². The maximum absolute atomic E-state index is 13.5. The van der Waals surface area contributed by atoms with Crippen LogP contribution in [0.4, 0.5) is 20.2 Å². The molecule has 19 heavy (non-hydrogen) atoms. The third-order valence-electron chi connectivity index (χ3n) is 2.45. The zero-order valence-electron chi connectivity index (χ0n) is 9.58. The Morgan fingerprint density at radius 2 is 1.79 bits per heavy atom. The summed E-state index contributed by atoms with van der Waals surface area (Å²) in [4.78, 5) is 0.224. The molecule has 0 bridgehead atoms. The highest BCUT2D eigenvalue weighted by atomic mass is 35.5. The highest BCUT2D eigenvalue weighted by molar-refractivity contribution is 7.80. The van der Waals surface area contributed by atoms with Crippen LogP contribution < -0.4 is 11.1 Å². The van der Waals surface area contributed by atoms with E-state index in [1.165, 1.54) is 6.07 Å². The zero-order valence-corrected chi connectivity index (χ0v) is 11.2. The highest BCUT2D eigenvalue weighted by Gasteiger charge is 2.07. The highest BCUT2D eigenvalue weighted by Crippen LogP contribution is 2.28. The van der Waals surface area contributed by atoms with Crippen LogP contribution in [0.25, 0.3) is 0 Å². The molecule has 0 atom stereocenters. The molecular weight excluding hydrogens is 290 g/mol. The van der Waals surface area contributed by atoms with Gasteiger partial charge in [0.15, 0.2) is 0 Å². The van der Waals surface area contributed by atoms with Crippen molar-refractivity contribution >= 4 is 40.2 Å². The Morgan fingerprint density at radius 1 is 1.11 bits per heavy atom. The normalized spacial score (nSPS) is 10.3. The second kappa shape index (κ2) is 5.50. The predicted molar refractivity (Wildman–Crippen MR) is 77.0 cm³/mol. The van der Waals surface area contributed by atoms with E-state index in [0.29, 0.717) is 16.3 Å². The Morgan fingerprint density at radius 3 is 2.37 bits per heavy atom. The summed E-state index contributed by atoms with van der Waals surface area (Å²) in [7, 11) is 0. The van der Waals surface area contributed by atoms with Gasteiger partial charge in [-0.1, -0.05) is 23.8 Å². The molecule has 2 aromatic rings. The Labute approximate surface area is 119 Å². The first-order valence-corrected chi connectivity index (χ1v) is 6.07. The molecule has 0 aliphatic rings. The predicted octanol–water partition coefficient (Wildman–Crippen LogP) is 4.00. The van der Waals surface area contributed by atoms with E-state index in [0.717, 1.165) is 12.1 Å². The number of halogens is 3. The molecule has 3 N–H and O–H groups in total. The van der Waals surface area contributed by atoms with E-state index in [-0.39, 0.29) is 10.7 Å². The largest absolute Gasteiger partial charge is 0.389 e. The monoisotopic (exact) mass is 298 g/mol. The van der Waals surface area contributed by atoms with Gasteiger partial charge in [0, 0.05) is 11.6 Å². The Hall–Kier alpha value is -1.72. The number of anilines is 2. The van der Waals surface area contributed by atoms with Crippen LogP contribution >= 0.6 is 23.8 Å². The molecule has 0 radical (unpaired) electrons. The van der Waals surface area contributed by atoms with Crippen molar-refractivity contribution in [2.75, 3.05) is 5.32 Å². The molecular formula is C13H9ClF2N2S. The average molecular weight is 299 g/mol. The van der Waals surface area contributed by atoms with Gasteiger partial charge < -0.3 is 11.1 Å². The van der Waals surface area contributed by atoms with Crippen molar-refractivity contribution in [3.05, 3.63) is 58.6 Å². The number of rotatable bonds is 3. The summed E-state index contributed by atoms with van der Waals surface area (Å²) in [5.41, 5.74) is 6.70. The molecule has 2 aromatic carbocycles. The lowest BCUT2D eigenvalue weighted by Gasteiger charge is -2.10. The average Bonchev–Trinajstić information content (AvgIpc) is 2.34. The lowest BCUT2D eigenvalue weighted by molar-refractivity contribution is 0.586. The van der Waals surface area contributed by atoms with Crippen molar-refractivity contribution in [1.82, 2.24) is 0 Å². The molecule has 0 saturated carbocycles. The standard InChI is InChI=1S/C13H9ClF2N2S/c14-9-5-7(13(17)19)1-3-11(9)18-12-4-2-8(15)6-10(12)16/h1-6,18H,(H2,17,19). The summed E-state index contributed by atoms with van der Waals surface area (Å²) < 4.78 is 26.3. The maximum atomic E-state index is 13.5. The fourth-order valence-electron chi connectivity index (χ4n) is 1.51. The number of thiocarbonyl (C=S) groups is 1. The molecule has 0 aromatic heterocycles. The van der Waals surface area contributed by atoms with E-state index in [1.807, 2.05) is 0 Å². The summed E-state index contributed by atoms with van der Waals surface area (Å²) in [5.74, 6) is -1.34. The molecule has 0 spiro atoms. The Balaban J connectivity index is 2.31. The second-order valence-electron chi connectivity index (χ2n) is 3.81. The molecule has 0 fully saturated rings. The summed E-state index contributed by atoms with van der Waals surface area (Å²) >= 11 is 10.9. The lowest BCUT2D eigenvalue weighted by Crippen LogP contribution is -2.09. The maximum Gasteiger partial charge on any atom is 0.149 e. The van der Waals surface area contributed by atoms with E-state index in [9.17, 15) is 8.78 Å². The van der Waals surface area contributed by atoms with Crippen molar-refractivity contribution in [3.8, 4) is 0 Å². The van der Waals surface area contributed by atoms with E-state index in [4.69, 9.17) is 29.6 Å². The van der Waals surface area contributed by atoms with Crippen LogP contribution in [0, 0.1) is 11.6 Å².